The predicted molar refractivity (Wildman–Crippen MR) is 108 cm³/mol. The van der Waals surface area contributed by atoms with Gasteiger partial charge < -0.3 is 20.0 Å². The number of hydrogen-bond donors (Lipinski definition) is 1. The number of allylic oxidation sites excluding steroid dienone is 1. The van der Waals surface area contributed by atoms with Gasteiger partial charge >= 0.3 is 6.03 Å². The van der Waals surface area contributed by atoms with Gasteiger partial charge in [0.1, 0.15) is 0 Å². The van der Waals surface area contributed by atoms with Gasteiger partial charge in [-0.05, 0) is 49.8 Å². The van der Waals surface area contributed by atoms with Gasteiger partial charge in [-0.15, -0.1) is 5.10 Å². The highest BCUT2D eigenvalue weighted by Gasteiger charge is 2.39. The zero-order valence-corrected chi connectivity index (χ0v) is 16.7. The van der Waals surface area contributed by atoms with Gasteiger partial charge in [0.05, 0.1) is 5.69 Å². The summed E-state index contributed by atoms with van der Waals surface area (Å²) in [5.41, 5.74) is 2.21. The van der Waals surface area contributed by atoms with Gasteiger partial charge in [-0.25, -0.2) is 4.79 Å². The average molecular weight is 383 g/mol. The molecular weight excluding hydrogens is 352 g/mol. The van der Waals surface area contributed by atoms with E-state index in [9.17, 15) is 4.79 Å². The zero-order chi connectivity index (χ0) is 19.1. The second-order valence-electron chi connectivity index (χ2n) is 8.92. The van der Waals surface area contributed by atoms with Gasteiger partial charge in [0, 0.05) is 51.7 Å². The van der Waals surface area contributed by atoms with Crippen LogP contribution in [0.5, 0.6) is 0 Å². The van der Waals surface area contributed by atoms with Crippen molar-refractivity contribution in [3.8, 4) is 0 Å². The number of nitrogens with one attached hydrogen (secondary N) is 1. The van der Waals surface area contributed by atoms with Crippen molar-refractivity contribution in [2.75, 3.05) is 44.7 Å². The van der Waals surface area contributed by atoms with Gasteiger partial charge in [-0.3, -0.25) is 0 Å². The molecule has 2 saturated heterocycles. The maximum absolute atomic E-state index is 12.7. The van der Waals surface area contributed by atoms with E-state index in [0.29, 0.717) is 6.54 Å². The first-order chi connectivity index (χ1) is 13.7. The number of urea groups is 1. The number of nitrogens with zero attached hydrogens (tertiary/aromatic N) is 5. The maximum Gasteiger partial charge on any atom is 0.317 e. The molecule has 7 heteroatoms. The topological polar surface area (TPSA) is 64.6 Å². The summed E-state index contributed by atoms with van der Waals surface area (Å²) in [5.74, 6) is 2.47. The molecular formula is C21H30N6O. The molecule has 0 radical (unpaired) electrons. The van der Waals surface area contributed by atoms with Crippen molar-refractivity contribution >= 4 is 11.8 Å². The molecule has 1 N–H and O–H groups in total. The third kappa shape index (κ3) is 3.48. The second-order valence-corrected chi connectivity index (χ2v) is 8.92. The van der Waals surface area contributed by atoms with Gasteiger partial charge in [0.2, 0.25) is 0 Å². The highest BCUT2D eigenvalue weighted by Crippen LogP contribution is 2.33. The summed E-state index contributed by atoms with van der Waals surface area (Å²) < 4.78 is 0. The lowest BCUT2D eigenvalue weighted by molar-refractivity contribution is 0.186. The Labute approximate surface area is 166 Å². The van der Waals surface area contributed by atoms with Crippen molar-refractivity contribution in [2.24, 2.45) is 11.8 Å². The van der Waals surface area contributed by atoms with E-state index < -0.39 is 0 Å². The number of likely N-dealkylation sites (tertiary alicyclic amines) is 1. The van der Waals surface area contributed by atoms with Crippen LogP contribution in [0.2, 0.25) is 0 Å². The van der Waals surface area contributed by atoms with E-state index in [1.165, 1.54) is 13.1 Å². The van der Waals surface area contributed by atoms with E-state index in [1.54, 1.807) is 0 Å². The number of aromatic nitrogens is 2. The van der Waals surface area contributed by atoms with Crippen LogP contribution in [0.4, 0.5) is 10.6 Å². The lowest BCUT2D eigenvalue weighted by atomic mass is 10.0. The Kier molecular flexibility index (Phi) is 4.70. The molecule has 5 rings (SSSR count). The Bertz CT molecular complexity index is 766. The minimum atomic E-state index is 0.0584. The molecule has 0 aromatic carbocycles. The minimum Gasteiger partial charge on any atom is -0.354 e. The molecule has 1 unspecified atom stereocenters. The SMILES string of the molecule is CN1C[C@@H]2CN(c3cc4c(nn3)CCN(C(=O)NC3CC=CCC3)C4)C[C@@H]2C1. The largest absolute Gasteiger partial charge is 0.354 e. The number of carbonyl (C=O) groups excluding carboxylic acids is 1. The van der Waals surface area contributed by atoms with E-state index in [0.717, 1.165) is 74.2 Å². The van der Waals surface area contributed by atoms with Crippen LogP contribution in [0.25, 0.3) is 0 Å². The number of hydrogen-bond acceptors (Lipinski definition) is 5. The molecule has 0 bridgehead atoms. The molecule has 4 heterocycles. The molecule has 1 aromatic rings. The highest BCUT2D eigenvalue weighted by atomic mass is 16.2. The first kappa shape index (κ1) is 17.9. The lowest BCUT2D eigenvalue weighted by Gasteiger charge is -2.31. The second kappa shape index (κ2) is 7.35. The molecule has 3 aliphatic heterocycles. The predicted octanol–water partition coefficient (Wildman–Crippen LogP) is 1.65. The summed E-state index contributed by atoms with van der Waals surface area (Å²) in [6.07, 6.45) is 8.19. The average Bonchev–Trinajstić information content (AvgIpc) is 3.25. The van der Waals surface area contributed by atoms with E-state index in [-0.39, 0.29) is 12.1 Å². The Morgan fingerprint density at radius 2 is 1.96 bits per heavy atom. The van der Waals surface area contributed by atoms with Crippen LogP contribution in [-0.2, 0) is 13.0 Å². The van der Waals surface area contributed by atoms with Crippen LogP contribution in [0.3, 0.4) is 0 Å². The number of amides is 2. The quantitative estimate of drug-likeness (QED) is 0.788. The molecule has 4 aliphatic rings. The Hall–Kier alpha value is -2.15. The fourth-order valence-corrected chi connectivity index (χ4v) is 5.25. The Balaban J connectivity index is 1.25. The number of fused-ring (bicyclic) bond motifs is 2. The third-order valence-corrected chi connectivity index (χ3v) is 6.80. The molecule has 7 nitrogen and oxygen atoms in total. The molecule has 0 spiro atoms. The van der Waals surface area contributed by atoms with E-state index in [1.807, 2.05) is 4.90 Å². The Morgan fingerprint density at radius 3 is 2.71 bits per heavy atom. The van der Waals surface area contributed by atoms with Crippen LogP contribution in [0, 0.1) is 11.8 Å². The fourth-order valence-electron chi connectivity index (χ4n) is 5.25. The van der Waals surface area contributed by atoms with Crippen molar-refractivity contribution < 1.29 is 4.79 Å². The summed E-state index contributed by atoms with van der Waals surface area (Å²) in [6.45, 7) is 5.86. The standard InChI is InChI=1S/C21H30N6O/c1-25-10-16-13-27(14-17(16)11-25)20-9-15-12-26(8-7-19(15)23-24-20)21(28)22-18-5-3-2-4-6-18/h2-3,9,16-18H,4-8,10-14H2,1H3,(H,22,28)/t16-,17+,18?. The smallest absolute Gasteiger partial charge is 0.317 e. The number of rotatable bonds is 2. The monoisotopic (exact) mass is 382 g/mol. The number of carbonyl (C=O) groups is 1. The molecule has 2 amide bonds. The molecule has 2 fully saturated rings. The summed E-state index contributed by atoms with van der Waals surface area (Å²) in [4.78, 5) is 19.5. The summed E-state index contributed by atoms with van der Waals surface area (Å²) in [7, 11) is 2.21. The van der Waals surface area contributed by atoms with Crippen LogP contribution in [0.15, 0.2) is 18.2 Å². The summed E-state index contributed by atoms with van der Waals surface area (Å²) >= 11 is 0. The molecule has 1 aromatic heterocycles. The van der Waals surface area contributed by atoms with Crippen molar-refractivity contribution in [1.82, 2.24) is 25.3 Å². The summed E-state index contributed by atoms with van der Waals surface area (Å²) in [6, 6.07) is 2.51. The van der Waals surface area contributed by atoms with E-state index in [4.69, 9.17) is 0 Å². The van der Waals surface area contributed by atoms with E-state index >= 15 is 0 Å². The van der Waals surface area contributed by atoms with Gasteiger partial charge in [-0.1, -0.05) is 12.2 Å². The van der Waals surface area contributed by atoms with Crippen LogP contribution < -0.4 is 10.2 Å². The lowest BCUT2D eigenvalue weighted by Crippen LogP contribution is -2.47. The van der Waals surface area contributed by atoms with Gasteiger partial charge in [0.15, 0.2) is 5.82 Å². The molecule has 3 atom stereocenters. The van der Waals surface area contributed by atoms with E-state index in [2.05, 4.69) is 50.6 Å². The van der Waals surface area contributed by atoms with Crippen LogP contribution >= 0.6 is 0 Å². The summed E-state index contributed by atoms with van der Waals surface area (Å²) in [5, 5.41) is 12.2. The van der Waals surface area contributed by atoms with Crippen molar-refractivity contribution in [3.63, 3.8) is 0 Å². The number of anilines is 1. The van der Waals surface area contributed by atoms with Crippen molar-refractivity contribution in [3.05, 3.63) is 29.5 Å². The first-order valence-electron chi connectivity index (χ1n) is 10.6. The van der Waals surface area contributed by atoms with Gasteiger partial charge in [-0.2, -0.15) is 5.10 Å². The van der Waals surface area contributed by atoms with Crippen molar-refractivity contribution in [2.45, 2.75) is 38.3 Å². The molecule has 0 saturated carbocycles. The molecule has 1 aliphatic carbocycles. The first-order valence-corrected chi connectivity index (χ1v) is 10.6. The normalized spacial score (nSPS) is 29.7. The van der Waals surface area contributed by atoms with Crippen LogP contribution in [0.1, 0.15) is 30.5 Å². The highest BCUT2D eigenvalue weighted by molar-refractivity contribution is 5.75. The van der Waals surface area contributed by atoms with Crippen molar-refractivity contribution in [1.29, 1.82) is 0 Å². The Morgan fingerprint density at radius 1 is 1.14 bits per heavy atom. The van der Waals surface area contributed by atoms with Crippen LogP contribution in [-0.4, -0.2) is 71.8 Å². The fraction of sp³-hybridized carbons (Fsp3) is 0.667. The minimum absolute atomic E-state index is 0.0584. The molecule has 150 valence electrons. The molecule has 28 heavy (non-hydrogen) atoms. The zero-order valence-electron chi connectivity index (χ0n) is 16.7. The third-order valence-electron chi connectivity index (χ3n) is 6.80. The van der Waals surface area contributed by atoms with Gasteiger partial charge in [0.25, 0.3) is 0 Å². The maximum atomic E-state index is 12.7.